The molecule has 3 heterocycles. The number of anilines is 2. The van der Waals surface area contributed by atoms with E-state index in [0.717, 1.165) is 45.5 Å². The molecule has 1 aliphatic heterocycles. The van der Waals surface area contributed by atoms with Crippen molar-refractivity contribution < 1.29 is 18.4 Å². The molecule has 0 spiro atoms. The van der Waals surface area contributed by atoms with Gasteiger partial charge in [0.15, 0.2) is 5.78 Å². The van der Waals surface area contributed by atoms with Crippen LogP contribution in [0.2, 0.25) is 0 Å². The maximum atomic E-state index is 13.8. The molecule has 2 aromatic carbocycles. The van der Waals surface area contributed by atoms with Crippen molar-refractivity contribution in [1.82, 2.24) is 0 Å². The van der Waals surface area contributed by atoms with Crippen molar-refractivity contribution in [2.75, 3.05) is 17.3 Å². The number of carbonyl (C=O) groups excluding carboxylic acids is 1. The fraction of sp³-hybridized carbons (Fsp3) is 0.207. The smallest absolute Gasteiger partial charge is 0.163 e. The first kappa shape index (κ1) is 21.4. The Bertz CT molecular complexity index is 1350. The van der Waals surface area contributed by atoms with Gasteiger partial charge in [-0.2, -0.15) is 0 Å². The predicted octanol–water partition coefficient (Wildman–Crippen LogP) is 6.46. The third-order valence-electron chi connectivity index (χ3n) is 6.86. The number of carbonyl (C=O) groups is 1. The van der Waals surface area contributed by atoms with Gasteiger partial charge in [-0.25, -0.2) is 0 Å². The number of methoxy groups -OCH3 is 1. The van der Waals surface area contributed by atoms with Gasteiger partial charge in [0.2, 0.25) is 0 Å². The highest BCUT2D eigenvalue weighted by atomic mass is 16.5. The summed E-state index contributed by atoms with van der Waals surface area (Å²) in [7, 11) is 1.66. The normalized spacial score (nSPS) is 19.6. The molecule has 0 saturated heterocycles. The summed E-state index contributed by atoms with van der Waals surface area (Å²) in [5, 5.41) is 3.62. The molecule has 6 heteroatoms. The molecule has 6 rings (SSSR count). The molecule has 1 aliphatic carbocycles. The molecule has 4 aromatic rings. The molecule has 35 heavy (non-hydrogen) atoms. The second-order valence-corrected chi connectivity index (χ2v) is 8.97. The van der Waals surface area contributed by atoms with E-state index in [0.29, 0.717) is 19.4 Å². The van der Waals surface area contributed by atoms with Crippen LogP contribution < -0.4 is 15.0 Å². The zero-order valence-electron chi connectivity index (χ0n) is 19.4. The first-order chi connectivity index (χ1) is 17.2. The monoisotopic (exact) mass is 466 g/mol. The number of nitrogens with zero attached hydrogens (tertiary/aromatic N) is 1. The van der Waals surface area contributed by atoms with Crippen LogP contribution in [-0.4, -0.2) is 12.9 Å². The maximum Gasteiger partial charge on any atom is 0.163 e. The number of Topliss-reactive ketones (excluding diaryl/α,β-unsaturated/α-hetero) is 1. The summed E-state index contributed by atoms with van der Waals surface area (Å²) in [6.07, 6.45) is 4.43. The summed E-state index contributed by atoms with van der Waals surface area (Å²) in [5.74, 6) is 2.50. The van der Waals surface area contributed by atoms with Crippen molar-refractivity contribution >= 4 is 17.2 Å². The Balaban J connectivity index is 1.49. The minimum Gasteiger partial charge on any atom is -0.497 e. The lowest BCUT2D eigenvalue weighted by Gasteiger charge is -2.34. The van der Waals surface area contributed by atoms with Crippen LogP contribution in [0.1, 0.15) is 41.9 Å². The fourth-order valence-corrected chi connectivity index (χ4v) is 5.23. The van der Waals surface area contributed by atoms with Crippen LogP contribution in [0.15, 0.2) is 105 Å². The van der Waals surface area contributed by atoms with E-state index in [4.69, 9.17) is 13.6 Å². The second kappa shape index (κ2) is 8.87. The standard InChI is InChI=1S/C29H26N2O4/c1-33-21-12-10-19(11-13-21)18-31-24-7-3-2-6-22(24)30-23-16-20(26-8-4-14-34-26)17-25(32)28(23)29(31)27-9-5-15-35-27/h2-15,20,29-30H,16-18H2,1H3/t20-,29+/m0/s1. The fourth-order valence-electron chi connectivity index (χ4n) is 5.23. The van der Waals surface area contributed by atoms with Crippen molar-refractivity contribution in [3.8, 4) is 5.75 Å². The first-order valence-electron chi connectivity index (χ1n) is 11.8. The van der Waals surface area contributed by atoms with E-state index < -0.39 is 0 Å². The molecule has 0 amide bonds. The minimum atomic E-state index is -0.358. The molecular weight excluding hydrogens is 440 g/mol. The number of hydrogen-bond acceptors (Lipinski definition) is 6. The van der Waals surface area contributed by atoms with Crippen molar-refractivity contribution in [3.63, 3.8) is 0 Å². The third kappa shape index (κ3) is 3.91. The first-order valence-corrected chi connectivity index (χ1v) is 11.8. The van der Waals surface area contributed by atoms with Crippen LogP contribution in [0, 0.1) is 0 Å². The number of rotatable bonds is 5. The average Bonchev–Trinajstić information content (AvgIpc) is 3.59. The van der Waals surface area contributed by atoms with Gasteiger partial charge < -0.3 is 23.8 Å². The highest BCUT2D eigenvalue weighted by molar-refractivity contribution is 6.01. The zero-order chi connectivity index (χ0) is 23.8. The van der Waals surface area contributed by atoms with Gasteiger partial charge in [0.05, 0.1) is 31.0 Å². The van der Waals surface area contributed by atoms with Crippen LogP contribution in [0.3, 0.4) is 0 Å². The Hall–Kier alpha value is -4.19. The molecule has 176 valence electrons. The molecular formula is C29H26N2O4. The van der Waals surface area contributed by atoms with Gasteiger partial charge in [-0.15, -0.1) is 0 Å². The van der Waals surface area contributed by atoms with E-state index in [2.05, 4.69) is 34.5 Å². The Morgan fingerprint density at radius 3 is 2.37 bits per heavy atom. The number of ketones is 1. The number of furan rings is 2. The van der Waals surface area contributed by atoms with E-state index in [1.165, 1.54) is 0 Å². The number of para-hydroxylation sites is 2. The van der Waals surface area contributed by atoms with E-state index in [-0.39, 0.29) is 17.7 Å². The topological polar surface area (TPSA) is 67.8 Å². The summed E-state index contributed by atoms with van der Waals surface area (Å²) in [6, 6.07) is 23.5. The highest BCUT2D eigenvalue weighted by Gasteiger charge is 2.41. The van der Waals surface area contributed by atoms with Crippen LogP contribution in [0.25, 0.3) is 0 Å². The Labute approximate surface area is 203 Å². The van der Waals surface area contributed by atoms with E-state index in [1.54, 1.807) is 19.6 Å². The van der Waals surface area contributed by atoms with Crippen molar-refractivity contribution in [2.24, 2.45) is 0 Å². The largest absolute Gasteiger partial charge is 0.497 e. The predicted molar refractivity (Wildman–Crippen MR) is 133 cm³/mol. The summed E-state index contributed by atoms with van der Waals surface area (Å²) in [5.41, 5.74) is 4.77. The summed E-state index contributed by atoms with van der Waals surface area (Å²) >= 11 is 0. The van der Waals surface area contributed by atoms with Gasteiger partial charge in [-0.3, -0.25) is 4.79 Å². The summed E-state index contributed by atoms with van der Waals surface area (Å²) in [6.45, 7) is 0.597. The van der Waals surface area contributed by atoms with Gasteiger partial charge >= 0.3 is 0 Å². The van der Waals surface area contributed by atoms with Gasteiger partial charge in [-0.05, 0) is 60.5 Å². The number of benzene rings is 2. The van der Waals surface area contributed by atoms with Crippen molar-refractivity contribution in [1.29, 1.82) is 0 Å². The lowest BCUT2D eigenvalue weighted by molar-refractivity contribution is -0.116. The van der Waals surface area contributed by atoms with Crippen LogP contribution in [0.4, 0.5) is 11.4 Å². The van der Waals surface area contributed by atoms with E-state index in [9.17, 15) is 4.79 Å². The van der Waals surface area contributed by atoms with E-state index in [1.807, 2.05) is 48.5 Å². The second-order valence-electron chi connectivity index (χ2n) is 8.97. The van der Waals surface area contributed by atoms with Crippen molar-refractivity contribution in [3.05, 3.63) is 114 Å². The van der Waals surface area contributed by atoms with Gasteiger partial charge in [0.1, 0.15) is 23.3 Å². The average molecular weight is 467 g/mol. The van der Waals surface area contributed by atoms with E-state index >= 15 is 0 Å². The molecule has 0 saturated carbocycles. The van der Waals surface area contributed by atoms with Crippen LogP contribution in [-0.2, 0) is 11.3 Å². The molecule has 2 atom stereocenters. The number of hydrogen-bond donors (Lipinski definition) is 1. The van der Waals surface area contributed by atoms with Crippen LogP contribution in [0.5, 0.6) is 5.75 Å². The maximum absolute atomic E-state index is 13.8. The SMILES string of the molecule is COc1ccc(CN2c3ccccc3NC3=C(C(=O)C[C@@H](c4ccco4)C3)[C@H]2c2ccco2)cc1. The molecule has 2 aliphatic rings. The Morgan fingerprint density at radius 1 is 0.914 bits per heavy atom. The Morgan fingerprint density at radius 2 is 1.66 bits per heavy atom. The number of nitrogens with one attached hydrogen (secondary N) is 1. The summed E-state index contributed by atoms with van der Waals surface area (Å²) < 4.78 is 17.0. The van der Waals surface area contributed by atoms with Crippen LogP contribution >= 0.6 is 0 Å². The zero-order valence-corrected chi connectivity index (χ0v) is 19.4. The number of ether oxygens (including phenoxy) is 1. The Kier molecular flexibility index (Phi) is 5.41. The lowest BCUT2D eigenvalue weighted by Crippen LogP contribution is -2.33. The van der Waals surface area contributed by atoms with Gasteiger partial charge in [0, 0.05) is 30.2 Å². The number of allylic oxidation sites excluding steroid dienone is 1. The quantitative estimate of drug-likeness (QED) is 0.364. The molecule has 1 N–H and O–H groups in total. The van der Waals surface area contributed by atoms with Gasteiger partial charge in [0.25, 0.3) is 0 Å². The molecule has 0 fully saturated rings. The third-order valence-corrected chi connectivity index (χ3v) is 6.86. The molecule has 0 unspecified atom stereocenters. The molecule has 2 aromatic heterocycles. The van der Waals surface area contributed by atoms with Crippen molar-refractivity contribution in [2.45, 2.75) is 31.3 Å². The lowest BCUT2D eigenvalue weighted by atomic mass is 9.81. The summed E-state index contributed by atoms with van der Waals surface area (Å²) in [4.78, 5) is 16.1. The molecule has 0 radical (unpaired) electrons. The number of fused-ring (bicyclic) bond motifs is 1. The highest BCUT2D eigenvalue weighted by Crippen LogP contribution is 2.47. The molecule has 0 bridgehead atoms. The molecule has 6 nitrogen and oxygen atoms in total. The minimum absolute atomic E-state index is 0.00121. The van der Waals surface area contributed by atoms with Gasteiger partial charge in [-0.1, -0.05) is 24.3 Å².